The summed E-state index contributed by atoms with van der Waals surface area (Å²) >= 11 is 0. The molecule has 0 amide bonds. The highest BCUT2D eigenvalue weighted by Crippen LogP contribution is 2.30. The Hall–Kier alpha value is -2.18. The summed E-state index contributed by atoms with van der Waals surface area (Å²) in [6.45, 7) is 3.20. The molecule has 21 heavy (non-hydrogen) atoms. The summed E-state index contributed by atoms with van der Waals surface area (Å²) < 4.78 is 1.80. The molecule has 2 aromatic heterocycles. The van der Waals surface area contributed by atoms with Gasteiger partial charge in [-0.05, 0) is 19.3 Å². The molecule has 0 aliphatic heterocycles. The van der Waals surface area contributed by atoms with Gasteiger partial charge < -0.3 is 10.2 Å². The first-order valence-electron chi connectivity index (χ1n) is 7.50. The highest BCUT2D eigenvalue weighted by atomic mass is 15.4. The number of nitrogens with zero attached hydrogens (tertiary/aromatic N) is 6. The van der Waals surface area contributed by atoms with Gasteiger partial charge in [0.1, 0.15) is 6.33 Å². The maximum Gasteiger partial charge on any atom is 0.241 e. The Morgan fingerprint density at radius 1 is 1.33 bits per heavy atom. The molecule has 3 rings (SSSR count). The SMILES string of the molecule is CCCCN(c1nc(NC)nc(-n2ccnc2)n1)C1CC1. The largest absolute Gasteiger partial charge is 0.357 e. The van der Waals surface area contributed by atoms with Crippen LogP contribution >= 0.6 is 0 Å². The summed E-state index contributed by atoms with van der Waals surface area (Å²) in [6, 6.07) is 0.583. The van der Waals surface area contributed by atoms with Gasteiger partial charge in [0.15, 0.2) is 0 Å². The Morgan fingerprint density at radius 3 is 2.81 bits per heavy atom. The normalized spacial score (nSPS) is 14.2. The van der Waals surface area contributed by atoms with Crippen LogP contribution < -0.4 is 10.2 Å². The first-order valence-corrected chi connectivity index (χ1v) is 7.50. The average Bonchev–Trinajstić information content (AvgIpc) is 3.20. The first-order chi connectivity index (χ1) is 10.3. The van der Waals surface area contributed by atoms with E-state index in [-0.39, 0.29) is 0 Å². The van der Waals surface area contributed by atoms with Gasteiger partial charge in [-0.3, -0.25) is 4.57 Å². The zero-order chi connectivity index (χ0) is 14.7. The third-order valence-corrected chi connectivity index (χ3v) is 3.57. The summed E-state index contributed by atoms with van der Waals surface area (Å²) in [5.74, 6) is 1.95. The van der Waals surface area contributed by atoms with Gasteiger partial charge in [-0.25, -0.2) is 4.98 Å². The molecule has 0 aromatic carbocycles. The highest BCUT2D eigenvalue weighted by Gasteiger charge is 2.31. The molecule has 1 N–H and O–H groups in total. The lowest BCUT2D eigenvalue weighted by Gasteiger charge is -2.22. The third kappa shape index (κ3) is 3.12. The zero-order valence-corrected chi connectivity index (χ0v) is 12.5. The van der Waals surface area contributed by atoms with Gasteiger partial charge in [0.2, 0.25) is 17.8 Å². The number of unbranched alkanes of at least 4 members (excludes halogenated alkanes) is 1. The number of imidazole rings is 1. The van der Waals surface area contributed by atoms with Gasteiger partial charge in [0, 0.05) is 32.0 Å². The highest BCUT2D eigenvalue weighted by molar-refractivity contribution is 5.42. The molecule has 0 atom stereocenters. The van der Waals surface area contributed by atoms with Crippen molar-refractivity contribution >= 4 is 11.9 Å². The maximum absolute atomic E-state index is 4.62. The van der Waals surface area contributed by atoms with Crippen LogP contribution in [-0.2, 0) is 0 Å². The van der Waals surface area contributed by atoms with Gasteiger partial charge in [-0.1, -0.05) is 13.3 Å². The van der Waals surface area contributed by atoms with Crippen molar-refractivity contribution in [3.63, 3.8) is 0 Å². The van der Waals surface area contributed by atoms with Crippen molar-refractivity contribution in [2.24, 2.45) is 0 Å². The van der Waals surface area contributed by atoms with Crippen LogP contribution in [0, 0.1) is 0 Å². The second kappa shape index (κ2) is 6.07. The number of hydrogen-bond donors (Lipinski definition) is 1. The molecule has 0 saturated heterocycles. The molecule has 1 saturated carbocycles. The molecule has 1 aliphatic carbocycles. The minimum atomic E-state index is 0.583. The van der Waals surface area contributed by atoms with Crippen molar-refractivity contribution in [2.45, 2.75) is 38.6 Å². The quantitative estimate of drug-likeness (QED) is 0.838. The summed E-state index contributed by atoms with van der Waals surface area (Å²) in [5, 5.41) is 3.02. The maximum atomic E-state index is 4.62. The van der Waals surface area contributed by atoms with E-state index < -0.39 is 0 Å². The molecule has 7 heteroatoms. The number of nitrogens with one attached hydrogen (secondary N) is 1. The Kier molecular flexibility index (Phi) is 3.98. The molecule has 7 nitrogen and oxygen atoms in total. The van der Waals surface area contributed by atoms with E-state index in [2.05, 4.69) is 37.1 Å². The van der Waals surface area contributed by atoms with Crippen molar-refractivity contribution in [3.05, 3.63) is 18.7 Å². The van der Waals surface area contributed by atoms with E-state index in [1.807, 2.05) is 13.2 Å². The fourth-order valence-corrected chi connectivity index (χ4v) is 2.25. The second-order valence-electron chi connectivity index (χ2n) is 5.26. The van der Waals surface area contributed by atoms with Gasteiger partial charge >= 0.3 is 0 Å². The molecular weight excluding hydrogens is 266 g/mol. The van der Waals surface area contributed by atoms with Crippen molar-refractivity contribution in [3.8, 4) is 5.95 Å². The summed E-state index contributed by atoms with van der Waals surface area (Å²) in [5.41, 5.74) is 0. The van der Waals surface area contributed by atoms with Gasteiger partial charge in [-0.2, -0.15) is 15.0 Å². The van der Waals surface area contributed by atoms with Crippen molar-refractivity contribution in [2.75, 3.05) is 23.8 Å². The molecule has 0 radical (unpaired) electrons. The second-order valence-corrected chi connectivity index (χ2v) is 5.26. The minimum Gasteiger partial charge on any atom is -0.357 e. The summed E-state index contributed by atoms with van der Waals surface area (Å²) in [6.07, 6.45) is 10.0. The van der Waals surface area contributed by atoms with Crippen LogP contribution in [0.2, 0.25) is 0 Å². The topological polar surface area (TPSA) is 71.8 Å². The Bertz CT molecular complexity index is 577. The van der Waals surface area contributed by atoms with Gasteiger partial charge in [-0.15, -0.1) is 0 Å². The Labute approximate surface area is 124 Å². The number of aromatic nitrogens is 5. The van der Waals surface area contributed by atoms with E-state index in [1.165, 1.54) is 19.3 Å². The van der Waals surface area contributed by atoms with Crippen molar-refractivity contribution in [1.82, 2.24) is 24.5 Å². The Morgan fingerprint density at radius 2 is 2.19 bits per heavy atom. The van der Waals surface area contributed by atoms with E-state index in [4.69, 9.17) is 0 Å². The monoisotopic (exact) mass is 287 g/mol. The predicted octanol–water partition coefficient (Wildman–Crippen LogP) is 1.87. The zero-order valence-electron chi connectivity index (χ0n) is 12.5. The molecule has 0 unspecified atom stereocenters. The number of anilines is 2. The molecular formula is C14H21N7. The molecule has 0 bridgehead atoms. The molecule has 0 spiro atoms. The van der Waals surface area contributed by atoms with Crippen LogP contribution in [-0.4, -0.2) is 44.1 Å². The summed E-state index contributed by atoms with van der Waals surface area (Å²) in [7, 11) is 1.82. The Balaban J connectivity index is 1.94. The lowest BCUT2D eigenvalue weighted by Crippen LogP contribution is -2.29. The van der Waals surface area contributed by atoms with Crippen LogP contribution in [0.5, 0.6) is 0 Å². The van der Waals surface area contributed by atoms with Crippen LogP contribution in [0.4, 0.5) is 11.9 Å². The van der Waals surface area contributed by atoms with Crippen LogP contribution in [0.25, 0.3) is 5.95 Å². The predicted molar refractivity (Wildman–Crippen MR) is 81.8 cm³/mol. The van der Waals surface area contributed by atoms with E-state index >= 15 is 0 Å². The van der Waals surface area contributed by atoms with E-state index in [9.17, 15) is 0 Å². The lowest BCUT2D eigenvalue weighted by molar-refractivity contribution is 0.689. The van der Waals surface area contributed by atoms with Crippen LogP contribution in [0.3, 0.4) is 0 Å². The van der Waals surface area contributed by atoms with E-state index in [1.54, 1.807) is 17.1 Å². The lowest BCUT2D eigenvalue weighted by atomic mass is 10.3. The average molecular weight is 287 g/mol. The van der Waals surface area contributed by atoms with Gasteiger partial charge in [0.05, 0.1) is 0 Å². The smallest absolute Gasteiger partial charge is 0.241 e. The number of hydrogen-bond acceptors (Lipinski definition) is 6. The van der Waals surface area contributed by atoms with E-state index in [0.29, 0.717) is 17.9 Å². The van der Waals surface area contributed by atoms with Gasteiger partial charge in [0.25, 0.3) is 0 Å². The molecule has 2 aromatic rings. The van der Waals surface area contributed by atoms with Crippen LogP contribution in [0.15, 0.2) is 18.7 Å². The number of rotatable bonds is 7. The van der Waals surface area contributed by atoms with E-state index in [0.717, 1.165) is 18.9 Å². The molecule has 1 aliphatic rings. The fraction of sp³-hybridized carbons (Fsp3) is 0.571. The van der Waals surface area contributed by atoms with Crippen molar-refractivity contribution in [1.29, 1.82) is 0 Å². The summed E-state index contributed by atoms with van der Waals surface area (Å²) in [4.78, 5) is 19.9. The standard InChI is InChI=1S/C14H21N7/c1-3-4-8-21(11-5-6-11)14-18-12(15-2)17-13(19-14)20-9-7-16-10-20/h7,9-11H,3-6,8H2,1-2H3,(H,15,17,18,19). The first kappa shape index (κ1) is 13.8. The fourth-order valence-electron chi connectivity index (χ4n) is 2.25. The van der Waals surface area contributed by atoms with Crippen LogP contribution in [0.1, 0.15) is 32.6 Å². The molecule has 1 fully saturated rings. The molecule has 112 valence electrons. The third-order valence-electron chi connectivity index (χ3n) is 3.57. The molecule has 2 heterocycles. The van der Waals surface area contributed by atoms with Crippen molar-refractivity contribution < 1.29 is 0 Å². The minimum absolute atomic E-state index is 0.583.